The van der Waals surface area contributed by atoms with E-state index in [2.05, 4.69) is 53.8 Å². The molecule has 0 spiro atoms. The van der Waals surface area contributed by atoms with E-state index < -0.39 is 0 Å². The first-order valence-electron chi connectivity index (χ1n) is 9.09. The van der Waals surface area contributed by atoms with Crippen molar-refractivity contribution in [3.8, 4) is 0 Å². The number of aromatic nitrogens is 2. The Kier molecular flexibility index (Phi) is 5.39. The maximum atomic E-state index is 13.2. The van der Waals surface area contributed by atoms with Gasteiger partial charge in [-0.3, -0.25) is 9.36 Å². The SMILES string of the molecule is Cc1ccc(C=Cc2nc3ccc(I)cc3c(=O)n2Cc2ccccc2)cc1. The molecule has 0 atom stereocenters. The molecule has 0 fully saturated rings. The van der Waals surface area contributed by atoms with Crippen LogP contribution >= 0.6 is 22.6 Å². The van der Waals surface area contributed by atoms with Crippen molar-refractivity contribution in [3.05, 3.63) is 109 Å². The van der Waals surface area contributed by atoms with Crippen molar-refractivity contribution in [3.63, 3.8) is 0 Å². The fourth-order valence-corrected chi connectivity index (χ4v) is 3.60. The van der Waals surface area contributed by atoms with Crippen LogP contribution in [0.4, 0.5) is 0 Å². The van der Waals surface area contributed by atoms with E-state index in [9.17, 15) is 4.79 Å². The molecule has 0 radical (unpaired) electrons. The minimum atomic E-state index is -0.0177. The van der Waals surface area contributed by atoms with Crippen molar-refractivity contribution in [1.29, 1.82) is 0 Å². The zero-order chi connectivity index (χ0) is 19.5. The zero-order valence-corrected chi connectivity index (χ0v) is 17.6. The molecule has 0 amide bonds. The number of halogens is 1. The van der Waals surface area contributed by atoms with Gasteiger partial charge < -0.3 is 0 Å². The first-order chi connectivity index (χ1) is 13.6. The minimum absolute atomic E-state index is 0.0177. The number of hydrogen-bond donors (Lipinski definition) is 0. The molecule has 0 N–H and O–H groups in total. The van der Waals surface area contributed by atoms with Gasteiger partial charge in [-0.15, -0.1) is 0 Å². The lowest BCUT2D eigenvalue weighted by Gasteiger charge is -2.12. The highest BCUT2D eigenvalue weighted by Gasteiger charge is 2.10. The summed E-state index contributed by atoms with van der Waals surface area (Å²) >= 11 is 2.23. The van der Waals surface area contributed by atoms with Crippen LogP contribution in [-0.2, 0) is 6.54 Å². The Morgan fingerprint density at radius 1 is 0.964 bits per heavy atom. The highest BCUT2D eigenvalue weighted by atomic mass is 127. The lowest BCUT2D eigenvalue weighted by molar-refractivity contribution is 0.738. The fraction of sp³-hybridized carbons (Fsp3) is 0.0833. The van der Waals surface area contributed by atoms with E-state index in [1.165, 1.54) is 5.56 Å². The molecule has 4 rings (SSSR count). The third kappa shape index (κ3) is 4.07. The molecule has 3 aromatic carbocycles. The van der Waals surface area contributed by atoms with Gasteiger partial charge in [-0.05, 0) is 64.9 Å². The van der Waals surface area contributed by atoms with Crippen molar-refractivity contribution in [2.24, 2.45) is 0 Å². The second-order valence-corrected chi connectivity index (χ2v) is 8.00. The molecule has 3 nitrogen and oxygen atoms in total. The molecule has 4 aromatic rings. The molecule has 0 aliphatic carbocycles. The van der Waals surface area contributed by atoms with Crippen molar-refractivity contribution in [1.82, 2.24) is 9.55 Å². The maximum absolute atomic E-state index is 13.2. The fourth-order valence-electron chi connectivity index (χ4n) is 3.10. The third-order valence-corrected chi connectivity index (χ3v) is 5.30. The summed E-state index contributed by atoms with van der Waals surface area (Å²) in [6.45, 7) is 2.55. The topological polar surface area (TPSA) is 34.9 Å². The molecule has 0 aliphatic heterocycles. The summed E-state index contributed by atoms with van der Waals surface area (Å²) in [7, 11) is 0. The van der Waals surface area contributed by atoms with Gasteiger partial charge in [0.1, 0.15) is 5.82 Å². The smallest absolute Gasteiger partial charge is 0.261 e. The van der Waals surface area contributed by atoms with Gasteiger partial charge in [-0.1, -0.05) is 66.2 Å². The average molecular weight is 478 g/mol. The Bertz CT molecular complexity index is 1210. The van der Waals surface area contributed by atoms with Crippen LogP contribution in [0, 0.1) is 10.5 Å². The molecule has 0 bridgehead atoms. The number of rotatable bonds is 4. The van der Waals surface area contributed by atoms with Crippen LogP contribution < -0.4 is 5.56 Å². The molecular formula is C24H19IN2O. The Hall–Kier alpha value is -2.73. The summed E-state index contributed by atoms with van der Waals surface area (Å²) in [5.41, 5.74) is 4.07. The standard InChI is InChI=1S/C24H19IN2O/c1-17-7-9-18(10-8-17)11-14-23-26-22-13-12-20(25)15-21(22)24(28)27(23)16-19-5-3-2-4-6-19/h2-15H,16H2,1H3. The van der Waals surface area contributed by atoms with Gasteiger partial charge in [-0.25, -0.2) is 4.98 Å². The van der Waals surface area contributed by atoms with Gasteiger partial charge in [-0.2, -0.15) is 0 Å². The summed E-state index contributed by atoms with van der Waals surface area (Å²) in [5.74, 6) is 0.656. The van der Waals surface area contributed by atoms with E-state index in [0.29, 0.717) is 17.8 Å². The van der Waals surface area contributed by atoms with E-state index in [1.807, 2.05) is 60.7 Å². The molecule has 0 aliphatic rings. The predicted octanol–water partition coefficient (Wildman–Crippen LogP) is 5.53. The minimum Gasteiger partial charge on any atom is -0.288 e. The number of fused-ring (bicyclic) bond motifs is 1. The van der Waals surface area contributed by atoms with Crippen molar-refractivity contribution in [2.45, 2.75) is 13.5 Å². The first kappa shape index (κ1) is 18.6. The summed E-state index contributed by atoms with van der Waals surface area (Å²) in [6, 6.07) is 24.1. The molecule has 28 heavy (non-hydrogen) atoms. The molecule has 0 saturated heterocycles. The van der Waals surface area contributed by atoms with E-state index in [0.717, 1.165) is 20.2 Å². The monoisotopic (exact) mass is 478 g/mol. The Morgan fingerprint density at radius 2 is 1.71 bits per heavy atom. The highest BCUT2D eigenvalue weighted by molar-refractivity contribution is 14.1. The van der Waals surface area contributed by atoms with E-state index >= 15 is 0 Å². The molecule has 1 heterocycles. The molecular weight excluding hydrogens is 459 g/mol. The van der Waals surface area contributed by atoms with Gasteiger partial charge in [0.25, 0.3) is 5.56 Å². The summed E-state index contributed by atoms with van der Waals surface area (Å²) in [6.07, 6.45) is 3.92. The van der Waals surface area contributed by atoms with Crippen LogP contribution in [0.15, 0.2) is 77.6 Å². The van der Waals surface area contributed by atoms with E-state index in [4.69, 9.17) is 4.98 Å². The molecule has 0 saturated carbocycles. The van der Waals surface area contributed by atoms with Crippen LogP contribution in [0.2, 0.25) is 0 Å². The largest absolute Gasteiger partial charge is 0.288 e. The maximum Gasteiger partial charge on any atom is 0.261 e. The van der Waals surface area contributed by atoms with E-state index in [1.54, 1.807) is 4.57 Å². The summed E-state index contributed by atoms with van der Waals surface area (Å²) in [4.78, 5) is 18.0. The van der Waals surface area contributed by atoms with Crippen molar-refractivity contribution >= 4 is 45.6 Å². The normalized spacial score (nSPS) is 11.4. The molecule has 4 heteroatoms. The lowest BCUT2D eigenvalue weighted by Crippen LogP contribution is -2.24. The quantitative estimate of drug-likeness (QED) is 0.362. The van der Waals surface area contributed by atoms with Gasteiger partial charge in [0.15, 0.2) is 0 Å². The van der Waals surface area contributed by atoms with Crippen molar-refractivity contribution < 1.29 is 0 Å². The Labute approximate surface area is 177 Å². The molecule has 138 valence electrons. The van der Waals surface area contributed by atoms with Crippen LogP contribution in [0.25, 0.3) is 23.1 Å². The van der Waals surface area contributed by atoms with Crippen molar-refractivity contribution in [2.75, 3.05) is 0 Å². The average Bonchev–Trinajstić information content (AvgIpc) is 2.71. The predicted molar refractivity (Wildman–Crippen MR) is 124 cm³/mol. The van der Waals surface area contributed by atoms with Gasteiger partial charge in [0.05, 0.1) is 17.4 Å². The molecule has 0 unspecified atom stereocenters. The third-order valence-electron chi connectivity index (χ3n) is 4.63. The first-order valence-corrected chi connectivity index (χ1v) is 10.2. The zero-order valence-electron chi connectivity index (χ0n) is 15.5. The second kappa shape index (κ2) is 8.10. The van der Waals surface area contributed by atoms with Gasteiger partial charge in [0, 0.05) is 3.57 Å². The number of aryl methyl sites for hydroxylation is 1. The highest BCUT2D eigenvalue weighted by Crippen LogP contribution is 2.16. The number of benzene rings is 3. The summed E-state index contributed by atoms with van der Waals surface area (Å²) in [5, 5.41) is 0.648. The van der Waals surface area contributed by atoms with Gasteiger partial charge in [0.2, 0.25) is 0 Å². The Morgan fingerprint density at radius 3 is 2.46 bits per heavy atom. The lowest BCUT2D eigenvalue weighted by atomic mass is 10.1. The summed E-state index contributed by atoms with van der Waals surface area (Å²) < 4.78 is 2.77. The number of nitrogens with zero attached hydrogens (tertiary/aromatic N) is 2. The van der Waals surface area contributed by atoms with E-state index in [-0.39, 0.29) is 5.56 Å². The Balaban J connectivity index is 1.85. The second-order valence-electron chi connectivity index (χ2n) is 6.75. The molecule has 1 aromatic heterocycles. The van der Waals surface area contributed by atoms with Crippen LogP contribution in [0.5, 0.6) is 0 Å². The van der Waals surface area contributed by atoms with Crippen LogP contribution in [0.1, 0.15) is 22.5 Å². The van der Waals surface area contributed by atoms with Crippen LogP contribution in [-0.4, -0.2) is 9.55 Å². The van der Waals surface area contributed by atoms with Crippen LogP contribution in [0.3, 0.4) is 0 Å². The number of hydrogen-bond acceptors (Lipinski definition) is 2. The van der Waals surface area contributed by atoms with Gasteiger partial charge >= 0.3 is 0 Å².